The summed E-state index contributed by atoms with van der Waals surface area (Å²) in [6.07, 6.45) is 0.242. The zero-order valence-electron chi connectivity index (χ0n) is 12.5. The van der Waals surface area contributed by atoms with Crippen molar-refractivity contribution in [3.8, 4) is 0 Å². The summed E-state index contributed by atoms with van der Waals surface area (Å²) in [7, 11) is 0. The number of para-hydroxylation sites is 1. The molecule has 0 fully saturated rings. The van der Waals surface area contributed by atoms with Crippen LogP contribution < -0.4 is 10.6 Å². The lowest BCUT2D eigenvalue weighted by Crippen LogP contribution is -2.16. The number of Topliss-reactive ketones (excluding diaryl/α,β-unsaturated/α-hetero) is 1. The van der Waals surface area contributed by atoms with Gasteiger partial charge >= 0.3 is 0 Å². The van der Waals surface area contributed by atoms with Gasteiger partial charge < -0.3 is 10.6 Å². The molecule has 23 heavy (non-hydrogen) atoms. The highest BCUT2D eigenvalue weighted by Crippen LogP contribution is 2.29. The zero-order chi connectivity index (χ0) is 16.8. The number of carbonyl (C=O) groups excluding carboxylic acids is 2. The number of hydrogen-bond donors (Lipinski definition) is 2. The average Bonchev–Trinajstić information content (AvgIpc) is 2.51. The Morgan fingerprint density at radius 1 is 1.04 bits per heavy atom. The first-order chi connectivity index (χ1) is 11.0. The van der Waals surface area contributed by atoms with Crippen LogP contribution >= 0.6 is 23.2 Å². The number of nitrogens with one attached hydrogen (secondary N) is 2. The van der Waals surface area contributed by atoms with Crippen LogP contribution in [0.1, 0.15) is 23.7 Å². The molecule has 120 valence electrons. The first-order valence-electron chi connectivity index (χ1n) is 7.06. The molecular weight excluding hydrogens is 335 g/mol. The van der Waals surface area contributed by atoms with Gasteiger partial charge in [0.05, 0.1) is 15.7 Å². The molecular formula is C17H16Cl2N2O2. The monoisotopic (exact) mass is 350 g/mol. The molecule has 2 aromatic rings. The minimum absolute atomic E-state index is 0.000227. The van der Waals surface area contributed by atoms with Crippen LogP contribution in [-0.4, -0.2) is 18.2 Å². The SMILES string of the molecule is CC(=O)c1cccc(NCCC(=O)Nc2c(Cl)cccc2Cl)c1. The molecule has 0 aliphatic carbocycles. The van der Waals surface area contributed by atoms with E-state index < -0.39 is 0 Å². The summed E-state index contributed by atoms with van der Waals surface area (Å²) in [5.74, 6) is -0.199. The van der Waals surface area contributed by atoms with Crippen LogP contribution in [0, 0.1) is 0 Å². The van der Waals surface area contributed by atoms with Crippen LogP contribution in [0.5, 0.6) is 0 Å². The third kappa shape index (κ3) is 4.98. The lowest BCUT2D eigenvalue weighted by molar-refractivity contribution is -0.115. The Morgan fingerprint density at radius 2 is 1.70 bits per heavy atom. The van der Waals surface area contributed by atoms with Gasteiger partial charge in [-0.3, -0.25) is 9.59 Å². The molecule has 0 saturated heterocycles. The molecule has 0 unspecified atom stereocenters. The molecule has 2 N–H and O–H groups in total. The van der Waals surface area contributed by atoms with Gasteiger partial charge in [0.1, 0.15) is 0 Å². The number of amides is 1. The van der Waals surface area contributed by atoms with E-state index in [0.29, 0.717) is 27.8 Å². The minimum Gasteiger partial charge on any atom is -0.385 e. The number of halogens is 2. The molecule has 0 heterocycles. The van der Waals surface area contributed by atoms with E-state index in [1.165, 1.54) is 6.92 Å². The van der Waals surface area contributed by atoms with Crippen LogP contribution in [0.3, 0.4) is 0 Å². The van der Waals surface area contributed by atoms with Crippen molar-refractivity contribution in [2.24, 2.45) is 0 Å². The number of anilines is 2. The molecule has 0 aliphatic heterocycles. The third-order valence-electron chi connectivity index (χ3n) is 3.18. The van der Waals surface area contributed by atoms with Gasteiger partial charge in [-0.25, -0.2) is 0 Å². The fraction of sp³-hybridized carbons (Fsp3) is 0.176. The number of hydrogen-bond acceptors (Lipinski definition) is 3. The van der Waals surface area contributed by atoms with E-state index in [9.17, 15) is 9.59 Å². The first kappa shape index (κ1) is 17.3. The highest BCUT2D eigenvalue weighted by atomic mass is 35.5. The summed E-state index contributed by atoms with van der Waals surface area (Å²) in [4.78, 5) is 23.3. The quantitative estimate of drug-likeness (QED) is 0.746. The van der Waals surface area contributed by atoms with Crippen molar-refractivity contribution in [2.45, 2.75) is 13.3 Å². The van der Waals surface area contributed by atoms with Crippen LogP contribution in [0.15, 0.2) is 42.5 Å². The Labute approximate surface area is 144 Å². The third-order valence-corrected chi connectivity index (χ3v) is 3.81. The van der Waals surface area contributed by atoms with Gasteiger partial charge in [-0.05, 0) is 31.2 Å². The van der Waals surface area contributed by atoms with Gasteiger partial charge in [0, 0.05) is 24.2 Å². The normalized spacial score (nSPS) is 10.2. The molecule has 2 rings (SSSR count). The van der Waals surface area contributed by atoms with E-state index in [-0.39, 0.29) is 18.1 Å². The van der Waals surface area contributed by atoms with E-state index in [2.05, 4.69) is 10.6 Å². The Balaban J connectivity index is 1.88. The van der Waals surface area contributed by atoms with Crippen molar-refractivity contribution >= 4 is 46.3 Å². The number of benzene rings is 2. The molecule has 0 bridgehead atoms. The Morgan fingerprint density at radius 3 is 2.35 bits per heavy atom. The predicted molar refractivity (Wildman–Crippen MR) is 94.6 cm³/mol. The Bertz CT molecular complexity index is 712. The maximum Gasteiger partial charge on any atom is 0.226 e. The number of carbonyl (C=O) groups is 2. The molecule has 0 spiro atoms. The van der Waals surface area contributed by atoms with Gasteiger partial charge in [-0.2, -0.15) is 0 Å². The summed E-state index contributed by atoms with van der Waals surface area (Å²) in [5, 5.41) is 6.60. The topological polar surface area (TPSA) is 58.2 Å². The van der Waals surface area contributed by atoms with Crippen LogP contribution in [0.4, 0.5) is 11.4 Å². The molecule has 0 saturated carbocycles. The first-order valence-corrected chi connectivity index (χ1v) is 7.81. The largest absolute Gasteiger partial charge is 0.385 e. The highest BCUT2D eigenvalue weighted by molar-refractivity contribution is 6.39. The smallest absolute Gasteiger partial charge is 0.226 e. The van der Waals surface area contributed by atoms with Gasteiger partial charge in [-0.15, -0.1) is 0 Å². The van der Waals surface area contributed by atoms with Crippen LogP contribution in [0.2, 0.25) is 10.0 Å². The van der Waals surface area contributed by atoms with Crippen molar-refractivity contribution in [2.75, 3.05) is 17.2 Å². The summed E-state index contributed by atoms with van der Waals surface area (Å²) >= 11 is 12.0. The summed E-state index contributed by atoms with van der Waals surface area (Å²) in [5.41, 5.74) is 1.84. The van der Waals surface area contributed by atoms with Crippen molar-refractivity contribution in [1.82, 2.24) is 0 Å². The second-order valence-corrected chi connectivity index (χ2v) is 5.77. The van der Waals surface area contributed by atoms with E-state index in [0.717, 1.165) is 5.69 Å². The standard InChI is InChI=1S/C17H16Cl2N2O2/c1-11(22)12-4-2-5-13(10-12)20-9-8-16(23)21-17-14(18)6-3-7-15(17)19/h2-7,10,20H,8-9H2,1H3,(H,21,23). The molecule has 0 aromatic heterocycles. The van der Waals surface area contributed by atoms with Gasteiger partial charge in [0.15, 0.2) is 5.78 Å². The fourth-order valence-electron chi connectivity index (χ4n) is 1.99. The van der Waals surface area contributed by atoms with Gasteiger partial charge in [0.2, 0.25) is 5.91 Å². The zero-order valence-corrected chi connectivity index (χ0v) is 14.0. The van der Waals surface area contributed by atoms with Crippen molar-refractivity contribution < 1.29 is 9.59 Å². The van der Waals surface area contributed by atoms with Crippen molar-refractivity contribution in [1.29, 1.82) is 0 Å². The van der Waals surface area contributed by atoms with Crippen LogP contribution in [0.25, 0.3) is 0 Å². The van der Waals surface area contributed by atoms with E-state index >= 15 is 0 Å². The van der Waals surface area contributed by atoms with E-state index in [4.69, 9.17) is 23.2 Å². The molecule has 0 radical (unpaired) electrons. The van der Waals surface area contributed by atoms with Crippen molar-refractivity contribution in [3.05, 3.63) is 58.1 Å². The maximum atomic E-state index is 12.0. The molecule has 4 nitrogen and oxygen atoms in total. The summed E-state index contributed by atoms with van der Waals surface area (Å²) in [6, 6.07) is 12.2. The van der Waals surface area contributed by atoms with Crippen LogP contribution in [-0.2, 0) is 4.79 Å². The molecule has 6 heteroatoms. The number of ketones is 1. The second-order valence-electron chi connectivity index (χ2n) is 4.96. The van der Waals surface area contributed by atoms with Gasteiger partial charge in [-0.1, -0.05) is 41.4 Å². The van der Waals surface area contributed by atoms with E-state index in [1.807, 2.05) is 6.07 Å². The Hall–Kier alpha value is -2.04. The molecule has 0 atom stereocenters. The fourth-order valence-corrected chi connectivity index (χ4v) is 2.48. The maximum absolute atomic E-state index is 12.0. The number of rotatable bonds is 6. The second kappa shape index (κ2) is 7.99. The van der Waals surface area contributed by atoms with Gasteiger partial charge in [0.25, 0.3) is 0 Å². The van der Waals surface area contributed by atoms with E-state index in [1.54, 1.807) is 36.4 Å². The highest BCUT2D eigenvalue weighted by Gasteiger charge is 2.09. The lowest BCUT2D eigenvalue weighted by atomic mass is 10.1. The molecule has 0 aliphatic rings. The minimum atomic E-state index is -0.199. The summed E-state index contributed by atoms with van der Waals surface area (Å²) < 4.78 is 0. The average molecular weight is 351 g/mol. The molecule has 2 aromatic carbocycles. The summed E-state index contributed by atoms with van der Waals surface area (Å²) in [6.45, 7) is 1.94. The lowest BCUT2D eigenvalue weighted by Gasteiger charge is -2.10. The van der Waals surface area contributed by atoms with Crippen molar-refractivity contribution in [3.63, 3.8) is 0 Å². The Kier molecular flexibility index (Phi) is 6.02. The molecule has 1 amide bonds. The predicted octanol–water partition coefficient (Wildman–Crippen LogP) is 4.64.